The van der Waals surface area contributed by atoms with Crippen molar-refractivity contribution in [3.63, 3.8) is 0 Å². The van der Waals surface area contributed by atoms with Crippen molar-refractivity contribution in [3.8, 4) is 0 Å². The zero-order valence-corrected chi connectivity index (χ0v) is 8.82. The Hall–Kier alpha value is -0.830. The minimum Gasteiger partial charge on any atom is -0.295 e. The van der Waals surface area contributed by atoms with Crippen LogP contribution in [0.1, 0.15) is 31.1 Å². The van der Waals surface area contributed by atoms with Crippen LogP contribution in [0.15, 0.2) is 29.2 Å². The molecule has 0 amide bonds. The molecule has 0 saturated heterocycles. The SMILES string of the molecule is CC.CC(=O)c1ccc(SF)cc1. The summed E-state index contributed by atoms with van der Waals surface area (Å²) in [5.74, 6) is 0.000378. The monoisotopic (exact) mass is 200 g/mol. The number of carbonyl (C=O) groups excluding carboxylic acids is 1. The van der Waals surface area contributed by atoms with Crippen LogP contribution in [0.2, 0.25) is 0 Å². The molecule has 0 atom stereocenters. The molecule has 0 radical (unpaired) electrons. The summed E-state index contributed by atoms with van der Waals surface area (Å²) < 4.78 is 11.9. The molecular formula is C10H13FOS. The van der Waals surface area contributed by atoms with Crippen LogP contribution in [0.4, 0.5) is 3.89 Å². The number of hydrogen-bond acceptors (Lipinski definition) is 2. The Labute approximate surface area is 82.6 Å². The summed E-state index contributed by atoms with van der Waals surface area (Å²) in [4.78, 5) is 11.3. The van der Waals surface area contributed by atoms with Crippen LogP contribution in [-0.4, -0.2) is 5.78 Å². The summed E-state index contributed by atoms with van der Waals surface area (Å²) >= 11 is 0.178. The van der Waals surface area contributed by atoms with Crippen molar-refractivity contribution < 1.29 is 8.68 Å². The number of carbonyl (C=O) groups is 1. The normalized spacial score (nSPS) is 8.62. The Morgan fingerprint density at radius 1 is 1.23 bits per heavy atom. The highest BCUT2D eigenvalue weighted by Crippen LogP contribution is 2.18. The van der Waals surface area contributed by atoms with Crippen molar-refractivity contribution in [3.05, 3.63) is 29.8 Å². The first-order valence-corrected chi connectivity index (χ1v) is 4.85. The van der Waals surface area contributed by atoms with Gasteiger partial charge in [-0.1, -0.05) is 26.0 Å². The second-order valence-electron chi connectivity index (χ2n) is 2.16. The lowest BCUT2D eigenvalue weighted by Gasteiger charge is -1.94. The fraction of sp³-hybridized carbons (Fsp3) is 0.300. The fourth-order valence-corrected chi connectivity index (χ4v) is 0.980. The summed E-state index contributed by atoms with van der Waals surface area (Å²) in [6.07, 6.45) is 0. The van der Waals surface area contributed by atoms with Gasteiger partial charge in [0.1, 0.15) is 0 Å². The van der Waals surface area contributed by atoms with Gasteiger partial charge >= 0.3 is 0 Å². The third-order valence-corrected chi connectivity index (χ3v) is 1.80. The van der Waals surface area contributed by atoms with E-state index >= 15 is 0 Å². The summed E-state index contributed by atoms with van der Waals surface area (Å²) in [6, 6.07) is 6.40. The Morgan fingerprint density at radius 3 is 2.00 bits per heavy atom. The van der Waals surface area contributed by atoms with E-state index in [9.17, 15) is 8.68 Å². The number of Topliss-reactive ketones (excluding diaryl/α,β-unsaturated/α-hetero) is 1. The fourth-order valence-electron chi connectivity index (χ4n) is 0.741. The van der Waals surface area contributed by atoms with Gasteiger partial charge < -0.3 is 0 Å². The Balaban J connectivity index is 0.000000671. The lowest BCUT2D eigenvalue weighted by Crippen LogP contribution is -1.89. The van der Waals surface area contributed by atoms with Gasteiger partial charge in [-0.2, -0.15) is 3.89 Å². The number of hydrogen-bond donors (Lipinski definition) is 0. The summed E-state index contributed by atoms with van der Waals surface area (Å²) in [5, 5.41) is 0. The van der Waals surface area contributed by atoms with Crippen molar-refractivity contribution in [2.45, 2.75) is 25.7 Å². The van der Waals surface area contributed by atoms with Gasteiger partial charge in [0, 0.05) is 10.5 Å². The van der Waals surface area contributed by atoms with Gasteiger partial charge in [-0.3, -0.25) is 4.79 Å². The molecule has 0 saturated carbocycles. The van der Waals surface area contributed by atoms with Gasteiger partial charge in [0.2, 0.25) is 0 Å². The van der Waals surface area contributed by atoms with Crippen LogP contribution >= 0.6 is 12.1 Å². The van der Waals surface area contributed by atoms with Crippen LogP contribution in [0.25, 0.3) is 0 Å². The van der Waals surface area contributed by atoms with Gasteiger partial charge in [-0.15, -0.1) is 0 Å². The van der Waals surface area contributed by atoms with E-state index in [4.69, 9.17) is 0 Å². The van der Waals surface area contributed by atoms with Crippen LogP contribution in [0.5, 0.6) is 0 Å². The van der Waals surface area contributed by atoms with E-state index in [-0.39, 0.29) is 17.9 Å². The standard InChI is InChI=1S/C8H7FOS.C2H6/c1-6(10)7-2-4-8(11-9)5-3-7;1-2/h2-5H,1H3;1-2H3. The maximum absolute atomic E-state index is 11.9. The largest absolute Gasteiger partial charge is 0.295 e. The van der Waals surface area contributed by atoms with Gasteiger partial charge in [0.15, 0.2) is 5.78 Å². The van der Waals surface area contributed by atoms with Crippen molar-refractivity contribution in [1.82, 2.24) is 0 Å². The van der Waals surface area contributed by atoms with E-state index in [0.717, 1.165) is 0 Å². The molecule has 0 bridgehead atoms. The topological polar surface area (TPSA) is 17.1 Å². The number of rotatable bonds is 2. The average Bonchev–Trinajstić information content (AvgIpc) is 2.21. The molecule has 0 aliphatic rings. The molecule has 0 aliphatic heterocycles. The van der Waals surface area contributed by atoms with Crippen LogP contribution in [0, 0.1) is 0 Å². The summed E-state index contributed by atoms with van der Waals surface area (Å²) in [5.41, 5.74) is 0.614. The van der Waals surface area contributed by atoms with Crippen LogP contribution in [0.3, 0.4) is 0 Å². The van der Waals surface area contributed by atoms with Gasteiger partial charge in [-0.25, -0.2) is 0 Å². The molecule has 1 aromatic rings. The quantitative estimate of drug-likeness (QED) is 0.674. The molecule has 1 rings (SSSR count). The second kappa shape index (κ2) is 6.66. The number of benzene rings is 1. The molecule has 3 heteroatoms. The molecule has 1 aromatic carbocycles. The van der Waals surface area contributed by atoms with Crippen molar-refractivity contribution in [1.29, 1.82) is 0 Å². The molecule has 0 fully saturated rings. The highest BCUT2D eigenvalue weighted by Gasteiger charge is 1.98. The van der Waals surface area contributed by atoms with Crippen molar-refractivity contribution >= 4 is 17.9 Å². The summed E-state index contributed by atoms with van der Waals surface area (Å²) in [6.45, 7) is 5.48. The molecule has 0 heterocycles. The minimum absolute atomic E-state index is 0.000378. The van der Waals surface area contributed by atoms with E-state index in [2.05, 4.69) is 0 Å². The lowest BCUT2D eigenvalue weighted by atomic mass is 10.2. The first kappa shape index (κ1) is 12.2. The molecule has 72 valence electrons. The molecular weight excluding hydrogens is 187 g/mol. The van der Waals surface area contributed by atoms with E-state index in [1.807, 2.05) is 13.8 Å². The number of halogens is 1. The highest BCUT2D eigenvalue weighted by molar-refractivity contribution is 7.94. The molecule has 1 nitrogen and oxygen atoms in total. The van der Waals surface area contributed by atoms with E-state index in [1.165, 1.54) is 6.92 Å². The minimum atomic E-state index is 0.000378. The van der Waals surface area contributed by atoms with E-state index < -0.39 is 0 Å². The molecule has 0 unspecified atom stereocenters. The van der Waals surface area contributed by atoms with Crippen LogP contribution in [-0.2, 0) is 0 Å². The highest BCUT2D eigenvalue weighted by atomic mass is 32.2. The van der Waals surface area contributed by atoms with Crippen LogP contribution < -0.4 is 0 Å². The first-order valence-electron chi connectivity index (χ1n) is 4.13. The van der Waals surface area contributed by atoms with E-state index in [1.54, 1.807) is 24.3 Å². The Morgan fingerprint density at radius 2 is 1.69 bits per heavy atom. The lowest BCUT2D eigenvalue weighted by molar-refractivity contribution is 0.101. The van der Waals surface area contributed by atoms with E-state index in [0.29, 0.717) is 10.5 Å². The second-order valence-corrected chi connectivity index (χ2v) is 2.78. The smallest absolute Gasteiger partial charge is 0.159 e. The molecule has 0 spiro atoms. The van der Waals surface area contributed by atoms with Gasteiger partial charge in [0.05, 0.1) is 12.1 Å². The van der Waals surface area contributed by atoms with Crippen molar-refractivity contribution in [2.24, 2.45) is 0 Å². The zero-order valence-electron chi connectivity index (χ0n) is 8.00. The predicted molar refractivity (Wildman–Crippen MR) is 54.8 cm³/mol. The summed E-state index contributed by atoms with van der Waals surface area (Å²) in [7, 11) is 0. The molecule has 0 aliphatic carbocycles. The third-order valence-electron chi connectivity index (χ3n) is 1.35. The first-order chi connectivity index (χ1) is 6.24. The maximum atomic E-state index is 11.9. The van der Waals surface area contributed by atoms with Gasteiger partial charge in [0.25, 0.3) is 0 Å². The zero-order chi connectivity index (χ0) is 10.3. The molecule has 0 aromatic heterocycles. The third kappa shape index (κ3) is 4.08. The number of ketones is 1. The Kier molecular flexibility index (Phi) is 6.24. The maximum Gasteiger partial charge on any atom is 0.159 e. The molecule has 13 heavy (non-hydrogen) atoms. The average molecular weight is 200 g/mol. The van der Waals surface area contributed by atoms with Crippen molar-refractivity contribution in [2.75, 3.05) is 0 Å². The predicted octanol–water partition coefficient (Wildman–Crippen LogP) is 3.89. The van der Waals surface area contributed by atoms with Gasteiger partial charge in [-0.05, 0) is 19.1 Å². The molecule has 0 N–H and O–H groups in total. The Bertz CT molecular complexity index is 256.